The third kappa shape index (κ3) is 2.98. The van der Waals surface area contributed by atoms with E-state index >= 15 is 0 Å². The zero-order valence-electron chi connectivity index (χ0n) is 12.1. The highest BCUT2D eigenvalue weighted by Crippen LogP contribution is 2.32. The van der Waals surface area contributed by atoms with Gasteiger partial charge in [-0.2, -0.15) is 0 Å². The summed E-state index contributed by atoms with van der Waals surface area (Å²) in [6.07, 6.45) is 1.88. The molecule has 2 rings (SSSR count). The van der Waals surface area contributed by atoms with E-state index in [0.29, 0.717) is 10.2 Å². The van der Waals surface area contributed by atoms with Gasteiger partial charge in [0.2, 0.25) is 0 Å². The Kier molecular flexibility index (Phi) is 4.69. The van der Waals surface area contributed by atoms with Gasteiger partial charge < -0.3 is 10.2 Å². The molecule has 1 aromatic carbocycles. The summed E-state index contributed by atoms with van der Waals surface area (Å²) < 4.78 is 27.9. The molecule has 112 valence electrons. The Hall–Kier alpha value is -0.680. The molecule has 0 saturated carbocycles. The summed E-state index contributed by atoms with van der Waals surface area (Å²) in [5.74, 6) is -1.06. The summed E-state index contributed by atoms with van der Waals surface area (Å²) in [6.45, 7) is 7.88. The Balaban J connectivity index is 2.39. The maximum Gasteiger partial charge on any atom is 0.149 e. The smallest absolute Gasteiger partial charge is 0.149 e. The molecule has 20 heavy (non-hydrogen) atoms. The number of hydrogen-bond acceptors (Lipinski definition) is 2. The van der Waals surface area contributed by atoms with Crippen LogP contribution in [0, 0.1) is 11.6 Å². The van der Waals surface area contributed by atoms with E-state index < -0.39 is 11.6 Å². The van der Waals surface area contributed by atoms with E-state index in [4.69, 9.17) is 0 Å². The molecule has 0 radical (unpaired) electrons. The minimum Gasteiger partial charge on any atom is -0.363 e. The average Bonchev–Trinajstić information content (AvgIpc) is 2.43. The topological polar surface area (TPSA) is 15.3 Å². The summed E-state index contributed by atoms with van der Waals surface area (Å²) in [6, 6.07) is 2.73. The van der Waals surface area contributed by atoms with Crippen LogP contribution >= 0.6 is 15.9 Å². The van der Waals surface area contributed by atoms with Crippen LogP contribution in [0.15, 0.2) is 16.6 Å². The standard InChI is InChI=1S/C15H21BrF2N2/c1-4-10-8-19-15(3,5-2)9-20(10)14-6-11(16)12(17)7-13(14)18/h6-7,10,19H,4-5,8-9H2,1-3H3. The molecule has 1 N–H and O–H groups in total. The molecule has 1 heterocycles. The molecule has 0 aromatic heterocycles. The van der Waals surface area contributed by atoms with Gasteiger partial charge in [0.1, 0.15) is 11.6 Å². The summed E-state index contributed by atoms with van der Waals surface area (Å²) in [4.78, 5) is 2.07. The largest absolute Gasteiger partial charge is 0.363 e. The monoisotopic (exact) mass is 346 g/mol. The lowest BCUT2D eigenvalue weighted by Crippen LogP contribution is -2.63. The van der Waals surface area contributed by atoms with Crippen LogP contribution in [-0.2, 0) is 0 Å². The summed E-state index contributed by atoms with van der Waals surface area (Å²) in [5, 5.41) is 3.54. The molecule has 5 heteroatoms. The Morgan fingerprint density at radius 2 is 2.05 bits per heavy atom. The van der Waals surface area contributed by atoms with E-state index in [2.05, 4.69) is 46.9 Å². The van der Waals surface area contributed by atoms with E-state index in [0.717, 1.165) is 32.0 Å². The van der Waals surface area contributed by atoms with Crippen LogP contribution in [0.1, 0.15) is 33.6 Å². The van der Waals surface area contributed by atoms with Crippen LogP contribution in [0.3, 0.4) is 0 Å². The van der Waals surface area contributed by atoms with Gasteiger partial charge in [0.25, 0.3) is 0 Å². The molecule has 0 bridgehead atoms. The molecule has 1 aromatic rings. The highest BCUT2D eigenvalue weighted by Gasteiger charge is 2.35. The predicted octanol–water partition coefficient (Wildman–Crippen LogP) is 4.08. The van der Waals surface area contributed by atoms with Crippen molar-refractivity contribution in [1.82, 2.24) is 5.32 Å². The third-order valence-corrected chi connectivity index (χ3v) is 4.88. The third-order valence-electron chi connectivity index (χ3n) is 4.28. The van der Waals surface area contributed by atoms with Crippen molar-refractivity contribution >= 4 is 21.6 Å². The van der Waals surface area contributed by atoms with Crippen molar-refractivity contribution in [3.05, 3.63) is 28.2 Å². The number of rotatable bonds is 3. The number of nitrogens with zero attached hydrogens (tertiary/aromatic N) is 1. The average molecular weight is 347 g/mol. The van der Waals surface area contributed by atoms with Crippen molar-refractivity contribution in [2.45, 2.75) is 45.2 Å². The lowest BCUT2D eigenvalue weighted by atomic mass is 9.92. The van der Waals surface area contributed by atoms with Gasteiger partial charge >= 0.3 is 0 Å². The van der Waals surface area contributed by atoms with Crippen LogP contribution in [0.25, 0.3) is 0 Å². The van der Waals surface area contributed by atoms with Crippen LogP contribution in [0.5, 0.6) is 0 Å². The Morgan fingerprint density at radius 1 is 1.35 bits per heavy atom. The van der Waals surface area contributed by atoms with Crippen molar-refractivity contribution in [3.8, 4) is 0 Å². The number of nitrogens with one attached hydrogen (secondary N) is 1. The van der Waals surface area contributed by atoms with Crippen LogP contribution in [-0.4, -0.2) is 24.7 Å². The number of piperazine rings is 1. The van der Waals surface area contributed by atoms with E-state index in [1.807, 2.05) is 0 Å². The first-order chi connectivity index (χ1) is 9.40. The van der Waals surface area contributed by atoms with Crippen LogP contribution in [0.4, 0.5) is 14.5 Å². The summed E-state index contributed by atoms with van der Waals surface area (Å²) >= 11 is 3.15. The van der Waals surface area contributed by atoms with Gasteiger partial charge in [-0.25, -0.2) is 8.78 Å². The van der Waals surface area contributed by atoms with Crippen molar-refractivity contribution in [1.29, 1.82) is 0 Å². The van der Waals surface area contributed by atoms with Crippen LogP contribution < -0.4 is 10.2 Å². The molecule has 2 unspecified atom stereocenters. The molecule has 0 aliphatic carbocycles. The number of benzene rings is 1. The summed E-state index contributed by atoms with van der Waals surface area (Å²) in [5.41, 5.74) is 0.435. The highest BCUT2D eigenvalue weighted by molar-refractivity contribution is 9.10. The maximum atomic E-state index is 14.2. The Bertz CT molecular complexity index is 495. The van der Waals surface area contributed by atoms with Gasteiger partial charge in [0.05, 0.1) is 10.2 Å². The minimum atomic E-state index is -0.562. The normalized spacial score (nSPS) is 26.9. The van der Waals surface area contributed by atoms with Gasteiger partial charge in [-0.3, -0.25) is 0 Å². The second-order valence-corrected chi connectivity index (χ2v) is 6.56. The quantitative estimate of drug-likeness (QED) is 0.829. The van der Waals surface area contributed by atoms with Gasteiger partial charge in [0, 0.05) is 30.7 Å². The highest BCUT2D eigenvalue weighted by atomic mass is 79.9. The van der Waals surface area contributed by atoms with E-state index in [1.165, 1.54) is 0 Å². The number of halogens is 3. The van der Waals surface area contributed by atoms with Gasteiger partial charge in [-0.05, 0) is 41.8 Å². The van der Waals surface area contributed by atoms with E-state index in [9.17, 15) is 8.78 Å². The first-order valence-electron chi connectivity index (χ1n) is 7.06. The lowest BCUT2D eigenvalue weighted by Gasteiger charge is -2.47. The fourth-order valence-corrected chi connectivity index (χ4v) is 2.98. The second kappa shape index (κ2) is 5.98. The summed E-state index contributed by atoms with van der Waals surface area (Å²) in [7, 11) is 0. The van der Waals surface area contributed by atoms with E-state index in [1.54, 1.807) is 6.07 Å². The molecule has 0 amide bonds. The maximum absolute atomic E-state index is 14.2. The lowest BCUT2D eigenvalue weighted by molar-refractivity contribution is 0.274. The zero-order valence-corrected chi connectivity index (χ0v) is 13.7. The molecule has 1 aliphatic rings. The minimum absolute atomic E-state index is 0.0427. The first-order valence-corrected chi connectivity index (χ1v) is 7.85. The van der Waals surface area contributed by atoms with Crippen molar-refractivity contribution in [2.24, 2.45) is 0 Å². The van der Waals surface area contributed by atoms with E-state index in [-0.39, 0.29) is 11.6 Å². The fourth-order valence-electron chi connectivity index (χ4n) is 2.65. The molecule has 1 saturated heterocycles. The molecular weight excluding hydrogens is 326 g/mol. The zero-order chi connectivity index (χ0) is 14.9. The molecule has 1 aliphatic heterocycles. The second-order valence-electron chi connectivity index (χ2n) is 5.70. The molecule has 2 atom stereocenters. The number of anilines is 1. The van der Waals surface area contributed by atoms with Gasteiger partial charge in [-0.1, -0.05) is 13.8 Å². The molecule has 2 nitrogen and oxygen atoms in total. The SMILES string of the molecule is CCC1CNC(C)(CC)CN1c1cc(Br)c(F)cc1F. The van der Waals surface area contributed by atoms with Gasteiger partial charge in [-0.15, -0.1) is 0 Å². The van der Waals surface area contributed by atoms with Crippen molar-refractivity contribution in [3.63, 3.8) is 0 Å². The van der Waals surface area contributed by atoms with Crippen molar-refractivity contribution < 1.29 is 8.78 Å². The fraction of sp³-hybridized carbons (Fsp3) is 0.600. The Labute approximate surface area is 127 Å². The Morgan fingerprint density at radius 3 is 2.65 bits per heavy atom. The number of hydrogen-bond donors (Lipinski definition) is 1. The first kappa shape index (κ1) is 15.7. The van der Waals surface area contributed by atoms with Gasteiger partial charge in [0.15, 0.2) is 0 Å². The van der Waals surface area contributed by atoms with Crippen molar-refractivity contribution in [2.75, 3.05) is 18.0 Å². The molecular formula is C15H21BrF2N2. The van der Waals surface area contributed by atoms with Crippen LogP contribution in [0.2, 0.25) is 0 Å². The molecule has 0 spiro atoms. The molecule has 1 fully saturated rings. The predicted molar refractivity (Wildman–Crippen MR) is 82.2 cm³/mol.